The van der Waals surface area contributed by atoms with Crippen molar-refractivity contribution in [1.29, 1.82) is 0 Å². The van der Waals surface area contributed by atoms with Crippen LogP contribution in [0.2, 0.25) is 0 Å². The van der Waals surface area contributed by atoms with Gasteiger partial charge in [0.2, 0.25) is 11.8 Å². The first kappa shape index (κ1) is 15.0. The Kier molecular flexibility index (Phi) is 4.73. The van der Waals surface area contributed by atoms with Crippen molar-refractivity contribution in [2.45, 2.75) is 52.1 Å². The van der Waals surface area contributed by atoms with E-state index in [9.17, 15) is 9.59 Å². The van der Waals surface area contributed by atoms with Crippen molar-refractivity contribution in [3.63, 3.8) is 0 Å². The molecule has 1 fully saturated rings. The average molecular weight is 255 g/mol. The maximum absolute atomic E-state index is 12.3. The first-order chi connectivity index (χ1) is 8.31. The summed E-state index contributed by atoms with van der Waals surface area (Å²) >= 11 is 0. The molecule has 1 rings (SSSR count). The predicted octanol–water partition coefficient (Wildman–Crippen LogP) is 0.487. The topological polar surface area (TPSA) is 75.4 Å². The second-order valence-electron chi connectivity index (χ2n) is 5.64. The van der Waals surface area contributed by atoms with Gasteiger partial charge in [0.15, 0.2) is 0 Å². The van der Waals surface area contributed by atoms with E-state index >= 15 is 0 Å². The zero-order valence-corrected chi connectivity index (χ0v) is 11.8. The fourth-order valence-electron chi connectivity index (χ4n) is 2.21. The Hall–Kier alpha value is -1.10. The van der Waals surface area contributed by atoms with Crippen LogP contribution in [0.5, 0.6) is 0 Å². The number of hydrogen-bond acceptors (Lipinski definition) is 3. The number of carbonyl (C=O) groups excluding carboxylic acids is 2. The SMILES string of the molecule is CC(=O)N1CCCC1C(=O)NC(C)(CN)C(C)C. The van der Waals surface area contributed by atoms with Crippen molar-refractivity contribution in [2.24, 2.45) is 11.7 Å². The molecule has 3 N–H and O–H groups in total. The minimum absolute atomic E-state index is 0.0355. The number of nitrogens with one attached hydrogen (secondary N) is 1. The number of hydrogen-bond donors (Lipinski definition) is 2. The van der Waals surface area contributed by atoms with Crippen LogP contribution in [0.3, 0.4) is 0 Å². The highest BCUT2D eigenvalue weighted by Gasteiger charge is 2.36. The Labute approximate surface area is 109 Å². The zero-order chi connectivity index (χ0) is 13.9. The van der Waals surface area contributed by atoms with Gasteiger partial charge in [-0.3, -0.25) is 9.59 Å². The van der Waals surface area contributed by atoms with E-state index in [1.807, 2.05) is 20.8 Å². The molecule has 1 aliphatic rings. The van der Waals surface area contributed by atoms with Gasteiger partial charge in [0.05, 0.1) is 5.54 Å². The van der Waals surface area contributed by atoms with Gasteiger partial charge in [-0.05, 0) is 25.7 Å². The zero-order valence-electron chi connectivity index (χ0n) is 11.8. The monoisotopic (exact) mass is 255 g/mol. The predicted molar refractivity (Wildman–Crippen MR) is 70.8 cm³/mol. The molecule has 5 heteroatoms. The summed E-state index contributed by atoms with van der Waals surface area (Å²) in [7, 11) is 0. The number of nitrogens with two attached hydrogens (primary N) is 1. The summed E-state index contributed by atoms with van der Waals surface area (Å²) in [6, 6.07) is -0.327. The lowest BCUT2D eigenvalue weighted by molar-refractivity contribution is -0.137. The first-order valence-electron chi connectivity index (χ1n) is 6.61. The molecule has 0 radical (unpaired) electrons. The molecule has 1 aliphatic heterocycles. The van der Waals surface area contributed by atoms with Crippen molar-refractivity contribution >= 4 is 11.8 Å². The molecular formula is C13H25N3O2. The minimum atomic E-state index is -0.415. The van der Waals surface area contributed by atoms with Gasteiger partial charge in [0.25, 0.3) is 0 Å². The van der Waals surface area contributed by atoms with Crippen LogP contribution in [0.4, 0.5) is 0 Å². The second-order valence-corrected chi connectivity index (χ2v) is 5.64. The summed E-state index contributed by atoms with van der Waals surface area (Å²) in [5.41, 5.74) is 5.34. The van der Waals surface area contributed by atoms with Crippen LogP contribution in [0.1, 0.15) is 40.5 Å². The highest BCUT2D eigenvalue weighted by Crippen LogP contribution is 2.20. The van der Waals surface area contributed by atoms with Crippen LogP contribution in [0.25, 0.3) is 0 Å². The Morgan fingerprint density at radius 2 is 2.11 bits per heavy atom. The van der Waals surface area contributed by atoms with Gasteiger partial charge >= 0.3 is 0 Å². The standard InChI is InChI=1S/C13H25N3O2/c1-9(2)13(4,8-14)15-12(18)11-6-5-7-16(11)10(3)17/h9,11H,5-8,14H2,1-4H3,(H,15,18). The number of nitrogens with zero attached hydrogens (tertiary/aromatic N) is 1. The van der Waals surface area contributed by atoms with E-state index in [1.165, 1.54) is 6.92 Å². The van der Waals surface area contributed by atoms with Crippen molar-refractivity contribution in [2.75, 3.05) is 13.1 Å². The average Bonchev–Trinajstić information content (AvgIpc) is 2.77. The molecule has 1 heterocycles. The smallest absolute Gasteiger partial charge is 0.243 e. The van der Waals surface area contributed by atoms with Crippen molar-refractivity contribution in [3.8, 4) is 0 Å². The van der Waals surface area contributed by atoms with Crippen LogP contribution in [0, 0.1) is 5.92 Å². The summed E-state index contributed by atoms with van der Waals surface area (Å²) in [5.74, 6) is 0.134. The molecule has 0 bridgehead atoms. The maximum Gasteiger partial charge on any atom is 0.243 e. The number of rotatable bonds is 4. The van der Waals surface area contributed by atoms with E-state index in [1.54, 1.807) is 4.90 Å². The van der Waals surface area contributed by atoms with E-state index in [4.69, 9.17) is 5.73 Å². The van der Waals surface area contributed by atoms with Gasteiger partial charge in [0, 0.05) is 20.0 Å². The molecule has 104 valence electrons. The van der Waals surface area contributed by atoms with Gasteiger partial charge in [-0.25, -0.2) is 0 Å². The summed E-state index contributed by atoms with van der Waals surface area (Å²) in [4.78, 5) is 25.4. The van der Waals surface area contributed by atoms with Gasteiger partial charge < -0.3 is 16.0 Å². The largest absolute Gasteiger partial charge is 0.348 e. The third-order valence-electron chi connectivity index (χ3n) is 4.07. The molecular weight excluding hydrogens is 230 g/mol. The quantitative estimate of drug-likeness (QED) is 0.767. The van der Waals surface area contributed by atoms with Gasteiger partial charge in [0.1, 0.15) is 6.04 Å². The molecule has 2 atom stereocenters. The van der Waals surface area contributed by atoms with Gasteiger partial charge in [-0.2, -0.15) is 0 Å². The lowest BCUT2D eigenvalue weighted by atomic mass is 9.88. The fraction of sp³-hybridized carbons (Fsp3) is 0.846. The molecule has 0 spiro atoms. The summed E-state index contributed by atoms with van der Waals surface area (Å²) in [6.07, 6.45) is 1.63. The lowest BCUT2D eigenvalue weighted by Gasteiger charge is -2.35. The molecule has 0 aromatic heterocycles. The Morgan fingerprint density at radius 3 is 2.56 bits per heavy atom. The molecule has 0 aliphatic carbocycles. The number of carbonyl (C=O) groups is 2. The van der Waals surface area contributed by atoms with E-state index in [0.29, 0.717) is 13.1 Å². The van der Waals surface area contributed by atoms with Crippen LogP contribution in [-0.4, -0.2) is 41.4 Å². The van der Waals surface area contributed by atoms with E-state index in [2.05, 4.69) is 5.32 Å². The highest BCUT2D eigenvalue weighted by atomic mass is 16.2. The van der Waals surface area contributed by atoms with Crippen LogP contribution in [-0.2, 0) is 9.59 Å². The first-order valence-corrected chi connectivity index (χ1v) is 6.61. The van der Waals surface area contributed by atoms with Crippen LogP contribution >= 0.6 is 0 Å². The van der Waals surface area contributed by atoms with Crippen molar-refractivity contribution in [3.05, 3.63) is 0 Å². The Bertz CT molecular complexity index is 330. The Balaban J connectivity index is 2.73. The lowest BCUT2D eigenvalue weighted by Crippen LogP contribution is -2.59. The molecule has 0 aromatic carbocycles. The van der Waals surface area contributed by atoms with Gasteiger partial charge in [-0.1, -0.05) is 13.8 Å². The maximum atomic E-state index is 12.3. The minimum Gasteiger partial charge on any atom is -0.348 e. The molecule has 0 saturated carbocycles. The molecule has 1 saturated heterocycles. The number of likely N-dealkylation sites (tertiary alicyclic amines) is 1. The summed E-state index contributed by atoms with van der Waals surface area (Å²) in [6.45, 7) is 8.59. The number of amides is 2. The summed E-state index contributed by atoms with van der Waals surface area (Å²) < 4.78 is 0. The molecule has 0 aromatic rings. The van der Waals surface area contributed by atoms with Crippen molar-refractivity contribution in [1.82, 2.24) is 10.2 Å². The summed E-state index contributed by atoms with van der Waals surface area (Å²) in [5, 5.41) is 3.01. The molecule has 2 amide bonds. The third kappa shape index (κ3) is 3.02. The Morgan fingerprint density at radius 1 is 1.50 bits per heavy atom. The second kappa shape index (κ2) is 5.69. The highest BCUT2D eigenvalue weighted by molar-refractivity contribution is 5.87. The van der Waals surface area contributed by atoms with E-state index in [0.717, 1.165) is 12.8 Å². The molecule has 5 nitrogen and oxygen atoms in total. The van der Waals surface area contributed by atoms with Crippen molar-refractivity contribution < 1.29 is 9.59 Å². The normalized spacial score (nSPS) is 23.0. The molecule has 2 unspecified atom stereocenters. The fourth-order valence-corrected chi connectivity index (χ4v) is 2.21. The third-order valence-corrected chi connectivity index (χ3v) is 4.07. The molecule has 18 heavy (non-hydrogen) atoms. The van der Waals surface area contributed by atoms with Crippen LogP contribution in [0.15, 0.2) is 0 Å². The van der Waals surface area contributed by atoms with Gasteiger partial charge in [-0.15, -0.1) is 0 Å². The van der Waals surface area contributed by atoms with E-state index < -0.39 is 5.54 Å². The van der Waals surface area contributed by atoms with Crippen LogP contribution < -0.4 is 11.1 Å². The van der Waals surface area contributed by atoms with E-state index in [-0.39, 0.29) is 23.8 Å².